The molecule has 0 aromatic carbocycles. The van der Waals surface area contributed by atoms with Gasteiger partial charge in [-0.3, -0.25) is 9.98 Å². The highest BCUT2D eigenvalue weighted by Crippen LogP contribution is 1.75. The molecule has 0 bridgehead atoms. The number of nitrogens with zero attached hydrogens (tertiary/aromatic N) is 2. The van der Waals surface area contributed by atoms with Crippen molar-refractivity contribution < 1.29 is 0 Å². The Kier molecular flexibility index (Phi) is 4.69. The molecule has 2 nitrogen and oxygen atoms in total. The number of rotatable bonds is 3. The molecule has 0 aliphatic rings. The van der Waals surface area contributed by atoms with E-state index in [1.807, 2.05) is 6.92 Å². The summed E-state index contributed by atoms with van der Waals surface area (Å²) >= 11 is 0. The summed E-state index contributed by atoms with van der Waals surface area (Å²) in [6.07, 6.45) is 3.48. The summed E-state index contributed by atoms with van der Waals surface area (Å²) in [5, 5.41) is 0. The molecule has 0 heterocycles. The summed E-state index contributed by atoms with van der Waals surface area (Å²) in [6, 6.07) is 0. The van der Waals surface area contributed by atoms with Gasteiger partial charge in [0.15, 0.2) is 0 Å². The lowest BCUT2D eigenvalue weighted by Crippen LogP contribution is -1.88. The normalized spacial score (nSPS) is 12.4. The Morgan fingerprint density at radius 2 is 2.33 bits per heavy atom. The lowest BCUT2D eigenvalue weighted by molar-refractivity contribution is 1.29. The molecule has 0 N–H and O–H groups in total. The van der Waals surface area contributed by atoms with Crippen molar-refractivity contribution in [2.75, 3.05) is 13.6 Å². The van der Waals surface area contributed by atoms with Crippen LogP contribution in [0.1, 0.15) is 6.92 Å². The average Bonchev–Trinajstić information content (AvgIpc) is 1.89. The molecular weight excluding hydrogens is 112 g/mol. The standard InChI is InChI=1S/C7H12N2/c1-4-7(2)9-6-5-8-3/h4-5H,1,6H2,2-3H3. The second-order valence-electron chi connectivity index (χ2n) is 1.63. The van der Waals surface area contributed by atoms with E-state index in [-0.39, 0.29) is 0 Å². The van der Waals surface area contributed by atoms with Crippen LogP contribution in [0, 0.1) is 0 Å². The molecule has 0 radical (unpaired) electrons. The molecule has 0 saturated carbocycles. The third kappa shape index (κ3) is 4.94. The van der Waals surface area contributed by atoms with Gasteiger partial charge in [-0.1, -0.05) is 6.58 Å². The molecule has 0 aromatic rings. The zero-order valence-corrected chi connectivity index (χ0v) is 5.96. The highest BCUT2D eigenvalue weighted by atomic mass is 14.8. The van der Waals surface area contributed by atoms with E-state index in [1.54, 1.807) is 19.3 Å². The van der Waals surface area contributed by atoms with Gasteiger partial charge in [0, 0.05) is 19.0 Å². The Balaban J connectivity index is 3.56. The molecule has 9 heavy (non-hydrogen) atoms. The van der Waals surface area contributed by atoms with E-state index in [4.69, 9.17) is 0 Å². The third-order valence-electron chi connectivity index (χ3n) is 0.900. The van der Waals surface area contributed by atoms with E-state index in [9.17, 15) is 0 Å². The van der Waals surface area contributed by atoms with Crippen molar-refractivity contribution in [3.63, 3.8) is 0 Å². The predicted molar refractivity (Wildman–Crippen MR) is 42.6 cm³/mol. The zero-order valence-electron chi connectivity index (χ0n) is 5.96. The van der Waals surface area contributed by atoms with Crippen molar-refractivity contribution in [2.45, 2.75) is 6.92 Å². The van der Waals surface area contributed by atoms with E-state index in [2.05, 4.69) is 16.6 Å². The SMILES string of the molecule is C=CC(C)=NCC=NC. The first-order valence-corrected chi connectivity index (χ1v) is 2.85. The van der Waals surface area contributed by atoms with Gasteiger partial charge in [0.2, 0.25) is 0 Å². The summed E-state index contributed by atoms with van der Waals surface area (Å²) < 4.78 is 0. The molecule has 0 saturated heterocycles. The number of hydrogen-bond donors (Lipinski definition) is 0. The molecule has 50 valence electrons. The Morgan fingerprint density at radius 1 is 1.67 bits per heavy atom. The molecule has 0 amide bonds. The van der Waals surface area contributed by atoms with Gasteiger partial charge in [-0.25, -0.2) is 0 Å². The van der Waals surface area contributed by atoms with Crippen molar-refractivity contribution in [3.8, 4) is 0 Å². The number of aliphatic imine (C=N–C) groups is 2. The van der Waals surface area contributed by atoms with Crippen LogP contribution in [0.15, 0.2) is 22.6 Å². The fraction of sp³-hybridized carbons (Fsp3) is 0.429. The van der Waals surface area contributed by atoms with Crippen LogP contribution in [0.5, 0.6) is 0 Å². The van der Waals surface area contributed by atoms with Gasteiger partial charge in [0.1, 0.15) is 0 Å². The van der Waals surface area contributed by atoms with E-state index in [0.29, 0.717) is 6.54 Å². The van der Waals surface area contributed by atoms with Gasteiger partial charge in [-0.05, 0) is 13.0 Å². The third-order valence-corrected chi connectivity index (χ3v) is 0.900. The summed E-state index contributed by atoms with van der Waals surface area (Å²) in [7, 11) is 1.73. The first kappa shape index (κ1) is 8.08. The molecule has 0 aromatic heterocycles. The van der Waals surface area contributed by atoms with Gasteiger partial charge >= 0.3 is 0 Å². The smallest absolute Gasteiger partial charge is 0.0740 e. The minimum atomic E-state index is 0.661. The lowest BCUT2D eigenvalue weighted by Gasteiger charge is -1.85. The van der Waals surface area contributed by atoms with Gasteiger partial charge in [0.05, 0.1) is 6.54 Å². The molecule has 0 aliphatic carbocycles. The van der Waals surface area contributed by atoms with Gasteiger partial charge in [-0.2, -0.15) is 0 Å². The molecular formula is C7H12N2. The van der Waals surface area contributed by atoms with Crippen LogP contribution in [0.2, 0.25) is 0 Å². The van der Waals surface area contributed by atoms with Crippen LogP contribution >= 0.6 is 0 Å². The van der Waals surface area contributed by atoms with Crippen LogP contribution in [0.25, 0.3) is 0 Å². The zero-order chi connectivity index (χ0) is 7.11. The molecule has 0 unspecified atom stereocenters. The minimum absolute atomic E-state index is 0.661. The second-order valence-corrected chi connectivity index (χ2v) is 1.63. The Hall–Kier alpha value is -0.920. The average molecular weight is 124 g/mol. The molecule has 0 fully saturated rings. The maximum atomic E-state index is 4.08. The van der Waals surface area contributed by atoms with E-state index < -0.39 is 0 Å². The monoisotopic (exact) mass is 124 g/mol. The maximum absolute atomic E-state index is 4.08. The Labute approximate surface area is 56.0 Å². The fourth-order valence-electron chi connectivity index (χ4n) is 0.331. The Morgan fingerprint density at radius 3 is 2.78 bits per heavy atom. The summed E-state index contributed by atoms with van der Waals surface area (Å²) in [6.45, 7) is 6.14. The van der Waals surface area contributed by atoms with Crippen molar-refractivity contribution in [2.24, 2.45) is 9.98 Å². The van der Waals surface area contributed by atoms with Gasteiger partial charge < -0.3 is 0 Å². The van der Waals surface area contributed by atoms with Gasteiger partial charge in [0.25, 0.3) is 0 Å². The summed E-state index contributed by atoms with van der Waals surface area (Å²) in [5.41, 5.74) is 0.954. The molecule has 0 rings (SSSR count). The molecule has 0 aliphatic heterocycles. The summed E-state index contributed by atoms with van der Waals surface area (Å²) in [5.74, 6) is 0. The predicted octanol–water partition coefficient (Wildman–Crippen LogP) is 1.33. The van der Waals surface area contributed by atoms with Crippen molar-refractivity contribution >= 4 is 11.9 Å². The van der Waals surface area contributed by atoms with Crippen molar-refractivity contribution in [1.82, 2.24) is 0 Å². The quantitative estimate of drug-likeness (QED) is 0.507. The maximum Gasteiger partial charge on any atom is 0.0740 e. The van der Waals surface area contributed by atoms with Crippen molar-refractivity contribution in [3.05, 3.63) is 12.7 Å². The first-order chi connectivity index (χ1) is 4.31. The molecule has 0 spiro atoms. The summed E-state index contributed by atoms with van der Waals surface area (Å²) in [4.78, 5) is 7.86. The van der Waals surface area contributed by atoms with Crippen LogP contribution < -0.4 is 0 Å². The van der Waals surface area contributed by atoms with Crippen LogP contribution in [0.4, 0.5) is 0 Å². The van der Waals surface area contributed by atoms with Crippen LogP contribution in [-0.2, 0) is 0 Å². The molecule has 0 atom stereocenters. The van der Waals surface area contributed by atoms with E-state index in [0.717, 1.165) is 5.71 Å². The fourth-order valence-corrected chi connectivity index (χ4v) is 0.331. The lowest BCUT2D eigenvalue weighted by atomic mass is 10.4. The van der Waals surface area contributed by atoms with E-state index in [1.165, 1.54) is 0 Å². The number of allylic oxidation sites excluding steroid dienone is 1. The van der Waals surface area contributed by atoms with Gasteiger partial charge in [-0.15, -0.1) is 0 Å². The largest absolute Gasteiger partial charge is 0.299 e. The minimum Gasteiger partial charge on any atom is -0.299 e. The highest BCUT2D eigenvalue weighted by molar-refractivity contribution is 5.92. The topological polar surface area (TPSA) is 24.7 Å². The van der Waals surface area contributed by atoms with Crippen LogP contribution in [0.3, 0.4) is 0 Å². The first-order valence-electron chi connectivity index (χ1n) is 2.85. The second kappa shape index (κ2) is 5.22. The number of hydrogen-bond acceptors (Lipinski definition) is 2. The Bertz CT molecular complexity index is 134. The van der Waals surface area contributed by atoms with Crippen molar-refractivity contribution in [1.29, 1.82) is 0 Å². The molecule has 2 heteroatoms. The highest BCUT2D eigenvalue weighted by Gasteiger charge is 1.76. The van der Waals surface area contributed by atoms with E-state index >= 15 is 0 Å². The van der Waals surface area contributed by atoms with Crippen LogP contribution in [-0.4, -0.2) is 25.5 Å².